The Morgan fingerprint density at radius 1 is 1.10 bits per heavy atom. The number of rotatable bonds is 6. The van der Waals surface area contributed by atoms with E-state index < -0.39 is 11.6 Å². The third-order valence-electron chi connectivity index (χ3n) is 11.6. The zero-order valence-corrected chi connectivity index (χ0v) is 26.3. The van der Waals surface area contributed by atoms with E-state index in [1.165, 1.54) is 12.1 Å². The molecule has 1 aliphatic carbocycles. The van der Waals surface area contributed by atoms with Crippen molar-refractivity contribution in [3.8, 4) is 41.0 Å². The lowest BCUT2D eigenvalue weighted by Crippen LogP contribution is -2.60. The molecule has 0 amide bonds. The average molecular weight is 652 g/mol. The van der Waals surface area contributed by atoms with Gasteiger partial charge in [0.1, 0.15) is 23.7 Å². The zero-order chi connectivity index (χ0) is 32.3. The highest BCUT2D eigenvalue weighted by Gasteiger charge is 2.50. The molecule has 5 fully saturated rings. The van der Waals surface area contributed by atoms with Gasteiger partial charge >= 0.3 is 6.01 Å². The number of aromatic nitrogens is 2. The average Bonchev–Trinajstić information content (AvgIpc) is 3.35. The summed E-state index contributed by atoms with van der Waals surface area (Å²) in [6.07, 6.45) is 11.3. The van der Waals surface area contributed by atoms with Crippen molar-refractivity contribution in [2.24, 2.45) is 5.41 Å². The normalized spacial score (nSPS) is 27.9. The molecule has 6 heterocycles. The molecular weight excluding hydrogens is 616 g/mol. The van der Waals surface area contributed by atoms with Gasteiger partial charge in [-0.1, -0.05) is 18.1 Å². The number of nitrogens with one attached hydrogen (secondary N) is 1. The number of aromatic hydroxyl groups is 1. The molecule has 0 unspecified atom stereocenters. The molecule has 2 N–H and O–H groups in total. The van der Waals surface area contributed by atoms with Crippen LogP contribution in [0.15, 0.2) is 30.3 Å². The lowest BCUT2D eigenvalue weighted by atomic mass is 9.92. The summed E-state index contributed by atoms with van der Waals surface area (Å²) in [6.45, 7) is 3.88. The number of morpholine rings is 1. The number of benzene rings is 3. The highest BCUT2D eigenvalue weighted by molar-refractivity contribution is 6.06. The second kappa shape index (κ2) is 10.4. The molecule has 246 valence electrons. The molecule has 5 aliphatic heterocycles. The van der Waals surface area contributed by atoms with Gasteiger partial charge in [-0.15, -0.1) is 6.42 Å². The third-order valence-corrected chi connectivity index (χ3v) is 11.6. The van der Waals surface area contributed by atoms with Crippen molar-refractivity contribution in [2.75, 3.05) is 44.4 Å². The van der Waals surface area contributed by atoms with Crippen LogP contribution in [-0.4, -0.2) is 89.7 Å². The van der Waals surface area contributed by atoms with Gasteiger partial charge in [0.2, 0.25) is 0 Å². The van der Waals surface area contributed by atoms with Crippen molar-refractivity contribution in [1.82, 2.24) is 20.2 Å². The largest absolute Gasteiger partial charge is 0.508 e. The van der Waals surface area contributed by atoms with Crippen molar-refractivity contribution in [3.63, 3.8) is 0 Å². The number of hydrogen-bond donors (Lipinski definition) is 2. The number of nitrogens with zero attached hydrogens (tertiary/aromatic N) is 4. The number of hydrogen-bond acceptors (Lipinski definition) is 9. The van der Waals surface area contributed by atoms with Gasteiger partial charge in [-0.25, -0.2) is 8.78 Å². The number of ether oxygens (including phenoxy) is 3. The van der Waals surface area contributed by atoms with Gasteiger partial charge < -0.3 is 29.5 Å². The quantitative estimate of drug-likeness (QED) is 0.287. The number of anilines is 1. The summed E-state index contributed by atoms with van der Waals surface area (Å²) in [5.74, 6) is 1.06. The first-order valence-electron chi connectivity index (χ1n) is 17.0. The number of phenolic OH excluding ortho intramolecular Hbond substituents is 1. The van der Waals surface area contributed by atoms with Crippen LogP contribution in [0.2, 0.25) is 0 Å². The van der Waals surface area contributed by atoms with Crippen molar-refractivity contribution in [3.05, 3.63) is 47.5 Å². The summed E-state index contributed by atoms with van der Waals surface area (Å²) in [6, 6.07) is 8.85. The van der Waals surface area contributed by atoms with E-state index in [4.69, 9.17) is 25.6 Å². The van der Waals surface area contributed by atoms with E-state index >= 15 is 8.78 Å². The Labute approximate surface area is 276 Å². The van der Waals surface area contributed by atoms with Gasteiger partial charge in [0.25, 0.3) is 0 Å². The molecule has 1 saturated carbocycles. The molecule has 5 atom stereocenters. The maximum Gasteiger partial charge on any atom is 0.319 e. The minimum absolute atomic E-state index is 0.0134. The molecule has 0 spiro atoms. The van der Waals surface area contributed by atoms with Gasteiger partial charge in [0.15, 0.2) is 17.4 Å². The van der Waals surface area contributed by atoms with E-state index in [2.05, 4.69) is 26.0 Å². The van der Waals surface area contributed by atoms with Crippen LogP contribution in [-0.2, 0) is 4.74 Å². The van der Waals surface area contributed by atoms with Gasteiger partial charge in [0.05, 0.1) is 36.3 Å². The first-order chi connectivity index (χ1) is 23.4. The lowest BCUT2D eigenvalue weighted by molar-refractivity contribution is 0.0176. The van der Waals surface area contributed by atoms with Crippen LogP contribution in [0.5, 0.6) is 17.5 Å². The Morgan fingerprint density at radius 2 is 2.00 bits per heavy atom. The van der Waals surface area contributed by atoms with E-state index in [0.29, 0.717) is 47.5 Å². The van der Waals surface area contributed by atoms with Crippen LogP contribution in [0, 0.1) is 29.4 Å². The van der Waals surface area contributed by atoms with Crippen molar-refractivity contribution in [1.29, 1.82) is 0 Å². The van der Waals surface area contributed by atoms with E-state index in [9.17, 15) is 5.11 Å². The number of phenols is 1. The third kappa shape index (κ3) is 4.32. The molecule has 0 radical (unpaired) electrons. The fourth-order valence-corrected chi connectivity index (χ4v) is 8.96. The van der Waals surface area contributed by atoms with E-state index in [1.807, 2.05) is 0 Å². The number of piperazine rings is 1. The minimum Gasteiger partial charge on any atom is -0.508 e. The minimum atomic E-state index is -0.882. The Balaban J connectivity index is 1.12. The Bertz CT molecular complexity index is 2060. The number of likely N-dealkylation sites (tertiary alicyclic amines) is 1. The summed E-state index contributed by atoms with van der Waals surface area (Å²) in [5.41, 5.74) is 0.122. The summed E-state index contributed by atoms with van der Waals surface area (Å²) >= 11 is 0. The van der Waals surface area contributed by atoms with Crippen molar-refractivity contribution in [2.45, 2.75) is 62.4 Å². The SMILES string of the molecule is C#Cc1cccc2cc(O)cc(-c3c(F)c4c5c(nc(OCC6(CN7C[C@@H]8C[C@H]7CO8)CC6)nc5c3F)N3C[C@H]5CC[C@H](N5)[C@H]3CO4)c12. The van der Waals surface area contributed by atoms with Gasteiger partial charge in [-0.3, -0.25) is 4.90 Å². The molecule has 6 aliphatic rings. The van der Waals surface area contributed by atoms with Crippen molar-refractivity contribution < 1.29 is 28.1 Å². The molecule has 4 aromatic rings. The van der Waals surface area contributed by atoms with E-state index in [-0.39, 0.29) is 69.7 Å². The predicted molar refractivity (Wildman–Crippen MR) is 175 cm³/mol. The molecule has 4 saturated heterocycles. The summed E-state index contributed by atoms with van der Waals surface area (Å²) < 4.78 is 52.6. The number of terminal acetylenes is 1. The second-order valence-corrected chi connectivity index (χ2v) is 14.6. The predicted octanol–water partition coefficient (Wildman–Crippen LogP) is 4.75. The van der Waals surface area contributed by atoms with Gasteiger partial charge in [-0.05, 0) is 55.7 Å². The van der Waals surface area contributed by atoms with Crippen LogP contribution in [0.4, 0.5) is 14.6 Å². The molecular formula is C37H35F2N5O4. The Hall–Kier alpha value is -4.24. The fraction of sp³-hybridized carbons (Fsp3) is 0.459. The Kier molecular flexibility index (Phi) is 6.22. The molecule has 1 aromatic heterocycles. The first kappa shape index (κ1) is 28.7. The fourth-order valence-electron chi connectivity index (χ4n) is 8.96. The topological polar surface area (TPSA) is 92.2 Å². The number of fused-ring (bicyclic) bond motifs is 8. The maximum atomic E-state index is 17.2. The lowest BCUT2D eigenvalue weighted by Gasteiger charge is -2.40. The van der Waals surface area contributed by atoms with Gasteiger partial charge in [-0.2, -0.15) is 9.97 Å². The van der Waals surface area contributed by atoms with Crippen LogP contribution in [0.1, 0.15) is 37.7 Å². The van der Waals surface area contributed by atoms with Crippen LogP contribution in [0.25, 0.3) is 32.8 Å². The highest BCUT2D eigenvalue weighted by Crippen LogP contribution is 2.50. The van der Waals surface area contributed by atoms with Crippen LogP contribution < -0.4 is 19.7 Å². The maximum absolute atomic E-state index is 17.2. The van der Waals surface area contributed by atoms with Crippen LogP contribution >= 0.6 is 0 Å². The second-order valence-electron chi connectivity index (χ2n) is 14.6. The van der Waals surface area contributed by atoms with Crippen molar-refractivity contribution >= 4 is 27.5 Å². The standard InChI is InChI=1S/C37H35F2N5O4/c1-2-19-4-3-5-20-10-23(45)12-25(28(19)20)29-31(38)33-30-34(32(29)39)47-16-27-26-7-6-21(40-26)13-44(27)35(30)42-36(41-33)48-18-37(8-9-37)17-43-14-24-11-22(43)15-46-24/h1,3-5,10,12,21-22,24,26-27,40,45H,6-9,11,13-18H2/t21-,22+,24+,26+,27-/m1/s1. The summed E-state index contributed by atoms with van der Waals surface area (Å²) in [5, 5.41) is 15.6. The molecule has 10 rings (SSSR count). The van der Waals surface area contributed by atoms with E-state index in [1.54, 1.807) is 18.2 Å². The molecule has 3 aromatic carbocycles. The van der Waals surface area contributed by atoms with Crippen LogP contribution in [0.3, 0.4) is 0 Å². The summed E-state index contributed by atoms with van der Waals surface area (Å²) in [7, 11) is 0. The van der Waals surface area contributed by atoms with E-state index in [0.717, 1.165) is 51.8 Å². The molecule has 9 nitrogen and oxygen atoms in total. The Morgan fingerprint density at radius 3 is 2.79 bits per heavy atom. The summed E-state index contributed by atoms with van der Waals surface area (Å²) in [4.78, 5) is 14.2. The molecule has 48 heavy (non-hydrogen) atoms. The molecule has 11 heteroatoms. The zero-order valence-electron chi connectivity index (χ0n) is 26.3. The molecule has 4 bridgehead atoms. The number of halogens is 2. The smallest absolute Gasteiger partial charge is 0.319 e. The first-order valence-corrected chi connectivity index (χ1v) is 17.0. The monoisotopic (exact) mass is 651 g/mol. The highest BCUT2D eigenvalue weighted by atomic mass is 19.1. The van der Waals surface area contributed by atoms with Gasteiger partial charge in [0, 0.05) is 59.7 Å².